The maximum Gasteiger partial charge on any atom is 0.573 e. The van der Waals surface area contributed by atoms with Gasteiger partial charge in [0.05, 0.1) is 5.56 Å². The highest BCUT2D eigenvalue weighted by Crippen LogP contribution is 2.29. The molecule has 0 saturated carbocycles. The Labute approximate surface area is 115 Å². The van der Waals surface area contributed by atoms with Gasteiger partial charge in [0.2, 0.25) is 0 Å². The molecule has 0 spiro atoms. The molecule has 0 heterocycles. The van der Waals surface area contributed by atoms with E-state index in [1.54, 1.807) is 0 Å². The number of hydrogen-bond acceptors (Lipinski definition) is 2. The standard InChI is InChI=1S/C15H15F3O2/c16-15(17,18)20-14-9-5-4-8-12(14)13(19)10-11-6-2-1-3-7-11/h4-6,8-9H,1-3,7,10H2. The lowest BCUT2D eigenvalue weighted by atomic mass is 9.93. The van der Waals surface area contributed by atoms with Gasteiger partial charge in [0, 0.05) is 6.42 Å². The smallest absolute Gasteiger partial charge is 0.405 e. The summed E-state index contributed by atoms with van der Waals surface area (Å²) in [4.78, 5) is 12.1. The molecule has 108 valence electrons. The number of hydrogen-bond donors (Lipinski definition) is 0. The molecule has 1 aliphatic rings. The van der Waals surface area contributed by atoms with Crippen molar-refractivity contribution < 1.29 is 22.7 Å². The molecule has 1 aliphatic carbocycles. The molecular weight excluding hydrogens is 269 g/mol. The van der Waals surface area contributed by atoms with Crippen molar-refractivity contribution >= 4 is 5.78 Å². The van der Waals surface area contributed by atoms with Crippen LogP contribution < -0.4 is 4.74 Å². The van der Waals surface area contributed by atoms with Crippen LogP contribution in [-0.2, 0) is 0 Å². The largest absolute Gasteiger partial charge is 0.573 e. The molecule has 2 nitrogen and oxygen atoms in total. The fraction of sp³-hybridized carbons (Fsp3) is 0.400. The molecule has 0 fully saturated rings. The lowest BCUT2D eigenvalue weighted by Crippen LogP contribution is -2.19. The van der Waals surface area contributed by atoms with E-state index in [9.17, 15) is 18.0 Å². The van der Waals surface area contributed by atoms with Crippen molar-refractivity contribution in [3.05, 3.63) is 41.5 Å². The molecule has 0 bridgehead atoms. The fourth-order valence-electron chi connectivity index (χ4n) is 2.28. The van der Waals surface area contributed by atoms with Crippen LogP contribution in [0, 0.1) is 0 Å². The van der Waals surface area contributed by atoms with Crippen molar-refractivity contribution in [2.24, 2.45) is 0 Å². The van der Waals surface area contributed by atoms with Crippen molar-refractivity contribution in [3.63, 3.8) is 0 Å². The van der Waals surface area contributed by atoms with E-state index in [4.69, 9.17) is 0 Å². The van der Waals surface area contributed by atoms with Crippen LogP contribution in [0.4, 0.5) is 13.2 Å². The lowest BCUT2D eigenvalue weighted by Gasteiger charge is -2.14. The Hall–Kier alpha value is -1.78. The Bertz CT molecular complexity index is 518. The van der Waals surface area contributed by atoms with Gasteiger partial charge in [-0.1, -0.05) is 23.8 Å². The highest BCUT2D eigenvalue weighted by molar-refractivity contribution is 6.00. The average Bonchev–Trinajstić information content (AvgIpc) is 2.38. The second-order valence-corrected chi connectivity index (χ2v) is 4.75. The summed E-state index contributed by atoms with van der Waals surface area (Å²) in [6, 6.07) is 5.48. The third kappa shape index (κ3) is 4.11. The van der Waals surface area contributed by atoms with Gasteiger partial charge in [0.15, 0.2) is 5.78 Å². The number of benzene rings is 1. The van der Waals surface area contributed by atoms with E-state index in [0.29, 0.717) is 0 Å². The van der Waals surface area contributed by atoms with E-state index in [-0.39, 0.29) is 17.8 Å². The van der Waals surface area contributed by atoms with Crippen LogP contribution in [0.25, 0.3) is 0 Å². The Balaban J connectivity index is 2.15. The monoisotopic (exact) mass is 284 g/mol. The first-order valence-corrected chi connectivity index (χ1v) is 6.51. The molecule has 0 N–H and O–H groups in total. The molecule has 0 aliphatic heterocycles. The fourth-order valence-corrected chi connectivity index (χ4v) is 2.28. The minimum absolute atomic E-state index is 0.0173. The van der Waals surface area contributed by atoms with Gasteiger partial charge in [0.1, 0.15) is 5.75 Å². The number of alkyl halides is 3. The highest BCUT2D eigenvalue weighted by atomic mass is 19.4. The third-order valence-corrected chi connectivity index (χ3v) is 3.19. The Morgan fingerprint density at radius 1 is 1.20 bits per heavy atom. The van der Waals surface area contributed by atoms with Crippen LogP contribution >= 0.6 is 0 Å². The topological polar surface area (TPSA) is 26.3 Å². The van der Waals surface area contributed by atoms with Crippen LogP contribution in [0.3, 0.4) is 0 Å². The molecule has 1 aromatic rings. The number of carbonyl (C=O) groups is 1. The van der Waals surface area contributed by atoms with Crippen molar-refractivity contribution in [2.75, 3.05) is 0 Å². The number of ketones is 1. The van der Waals surface area contributed by atoms with Gasteiger partial charge in [-0.05, 0) is 37.8 Å². The molecule has 0 unspecified atom stereocenters. The Kier molecular flexibility index (Phi) is 4.47. The molecule has 0 amide bonds. The number of para-hydroxylation sites is 1. The van der Waals surface area contributed by atoms with Crippen LogP contribution in [-0.4, -0.2) is 12.1 Å². The van der Waals surface area contributed by atoms with Gasteiger partial charge >= 0.3 is 6.36 Å². The van der Waals surface area contributed by atoms with Gasteiger partial charge in [-0.15, -0.1) is 13.2 Å². The normalized spacial score (nSPS) is 15.7. The summed E-state index contributed by atoms with van der Waals surface area (Å²) in [5.41, 5.74) is 0.986. The van der Waals surface area contributed by atoms with E-state index in [1.165, 1.54) is 18.2 Å². The first-order valence-electron chi connectivity index (χ1n) is 6.51. The van der Waals surface area contributed by atoms with E-state index < -0.39 is 12.1 Å². The van der Waals surface area contributed by atoms with Gasteiger partial charge < -0.3 is 4.74 Å². The number of rotatable bonds is 4. The molecule has 0 aromatic heterocycles. The summed E-state index contributed by atoms with van der Waals surface area (Å²) in [6.45, 7) is 0. The summed E-state index contributed by atoms with van der Waals surface area (Å²) in [7, 11) is 0. The van der Waals surface area contributed by atoms with E-state index >= 15 is 0 Å². The zero-order chi connectivity index (χ0) is 14.6. The van der Waals surface area contributed by atoms with Gasteiger partial charge in [-0.25, -0.2) is 0 Å². The maximum atomic E-state index is 12.3. The van der Waals surface area contributed by atoms with Crippen LogP contribution in [0.5, 0.6) is 5.75 Å². The molecule has 5 heteroatoms. The first kappa shape index (κ1) is 14.6. The van der Waals surface area contributed by atoms with Crippen molar-refractivity contribution in [1.82, 2.24) is 0 Å². The minimum Gasteiger partial charge on any atom is -0.405 e. The highest BCUT2D eigenvalue weighted by Gasteiger charge is 2.32. The zero-order valence-electron chi connectivity index (χ0n) is 10.9. The first-order chi connectivity index (χ1) is 9.46. The maximum absolute atomic E-state index is 12.3. The zero-order valence-corrected chi connectivity index (χ0v) is 10.9. The summed E-state index contributed by atoms with van der Waals surface area (Å²) in [5, 5.41) is 0. The van der Waals surface area contributed by atoms with Crippen LogP contribution in [0.1, 0.15) is 42.5 Å². The van der Waals surface area contributed by atoms with Crippen molar-refractivity contribution in [1.29, 1.82) is 0 Å². The third-order valence-electron chi connectivity index (χ3n) is 3.19. The van der Waals surface area contributed by atoms with E-state index in [1.807, 2.05) is 6.08 Å². The molecule has 20 heavy (non-hydrogen) atoms. The van der Waals surface area contributed by atoms with Gasteiger partial charge in [-0.2, -0.15) is 0 Å². The van der Waals surface area contributed by atoms with Crippen molar-refractivity contribution in [2.45, 2.75) is 38.5 Å². The Morgan fingerprint density at radius 3 is 2.60 bits per heavy atom. The van der Waals surface area contributed by atoms with E-state index in [0.717, 1.165) is 37.3 Å². The van der Waals surface area contributed by atoms with Gasteiger partial charge in [0.25, 0.3) is 0 Å². The molecule has 0 atom stereocenters. The number of Topliss-reactive ketones (excluding diaryl/α,β-unsaturated/α-hetero) is 1. The molecule has 1 aromatic carbocycles. The quantitative estimate of drug-likeness (QED) is 0.594. The second kappa shape index (κ2) is 6.11. The molecular formula is C15H15F3O2. The second-order valence-electron chi connectivity index (χ2n) is 4.75. The summed E-state index contributed by atoms with van der Waals surface area (Å²) in [5.74, 6) is -0.764. The number of allylic oxidation sites excluding steroid dienone is 2. The molecule has 0 saturated heterocycles. The predicted octanol–water partition coefficient (Wildman–Crippen LogP) is 4.66. The van der Waals surface area contributed by atoms with Crippen LogP contribution in [0.15, 0.2) is 35.9 Å². The summed E-state index contributed by atoms with van der Waals surface area (Å²) < 4.78 is 40.8. The molecule has 0 radical (unpaired) electrons. The van der Waals surface area contributed by atoms with Gasteiger partial charge in [-0.3, -0.25) is 4.79 Å². The Morgan fingerprint density at radius 2 is 1.95 bits per heavy atom. The number of carbonyl (C=O) groups excluding carboxylic acids is 1. The predicted molar refractivity (Wildman–Crippen MR) is 68.6 cm³/mol. The lowest BCUT2D eigenvalue weighted by molar-refractivity contribution is -0.274. The van der Waals surface area contributed by atoms with E-state index in [2.05, 4.69) is 4.74 Å². The average molecular weight is 284 g/mol. The number of halogens is 3. The molecule has 2 rings (SSSR count). The minimum atomic E-state index is -4.79. The van der Waals surface area contributed by atoms with Crippen LogP contribution in [0.2, 0.25) is 0 Å². The summed E-state index contributed by atoms with van der Waals surface area (Å²) in [6.07, 6.45) is 1.29. The SMILES string of the molecule is O=C(CC1=CCCCC1)c1ccccc1OC(F)(F)F. The summed E-state index contributed by atoms with van der Waals surface area (Å²) >= 11 is 0. The van der Waals surface area contributed by atoms with Crippen molar-refractivity contribution in [3.8, 4) is 5.75 Å². The number of ether oxygens (including phenoxy) is 1.